The summed E-state index contributed by atoms with van der Waals surface area (Å²) in [5.41, 5.74) is 5.12. The van der Waals surface area contributed by atoms with Crippen LogP contribution in [0.15, 0.2) is 24.3 Å². The molecule has 1 aliphatic rings. The van der Waals surface area contributed by atoms with Gasteiger partial charge in [-0.15, -0.1) is 11.3 Å². The number of aliphatic hydroxyl groups is 3. The molecular formula is C21H28Cl3NO4S. The molecule has 1 fully saturated rings. The second-order valence-electron chi connectivity index (χ2n) is 7.60. The highest BCUT2D eigenvalue weighted by Gasteiger charge is 2.39. The van der Waals surface area contributed by atoms with Gasteiger partial charge in [0, 0.05) is 23.6 Å². The van der Waals surface area contributed by atoms with Crippen LogP contribution in [-0.4, -0.2) is 39.5 Å². The summed E-state index contributed by atoms with van der Waals surface area (Å²) in [6.07, 6.45) is 9.14. The zero-order valence-electron chi connectivity index (χ0n) is 16.5. The minimum Gasteiger partial charge on any atom is -0.393 e. The molecule has 9 heteroatoms. The van der Waals surface area contributed by atoms with Crippen LogP contribution in [0.4, 0.5) is 0 Å². The summed E-state index contributed by atoms with van der Waals surface area (Å²) in [6, 6.07) is 0. The van der Waals surface area contributed by atoms with Crippen molar-refractivity contribution >= 4 is 52.0 Å². The second kappa shape index (κ2) is 12.4. The molecule has 1 amide bonds. The third kappa shape index (κ3) is 7.52. The Balaban J connectivity index is 1.86. The van der Waals surface area contributed by atoms with Crippen molar-refractivity contribution in [3.63, 3.8) is 0 Å². The van der Waals surface area contributed by atoms with Gasteiger partial charge in [0.05, 0.1) is 28.4 Å². The number of halogens is 3. The molecular weight excluding hydrogens is 469 g/mol. The molecule has 5 unspecified atom stereocenters. The molecule has 30 heavy (non-hydrogen) atoms. The van der Waals surface area contributed by atoms with Gasteiger partial charge in [-0.05, 0) is 38.0 Å². The summed E-state index contributed by atoms with van der Waals surface area (Å²) in [7, 11) is 0. The fourth-order valence-electron chi connectivity index (χ4n) is 3.67. The minimum atomic E-state index is -0.712. The number of rotatable bonds is 11. The van der Waals surface area contributed by atoms with Gasteiger partial charge in [0.15, 0.2) is 0 Å². The zero-order chi connectivity index (χ0) is 22.3. The predicted octanol–water partition coefficient (Wildman–Crippen LogP) is 4.52. The molecule has 2 rings (SSSR count). The number of carbonyl (C=O) groups excluding carboxylic acids is 1. The summed E-state index contributed by atoms with van der Waals surface area (Å²) in [5, 5.41) is 31.7. The number of nitrogens with two attached hydrogens (primary N) is 1. The number of hydrogen-bond donors (Lipinski definition) is 4. The minimum absolute atomic E-state index is 0.125. The number of allylic oxidation sites excluding steroid dienone is 2. The van der Waals surface area contributed by atoms with Gasteiger partial charge in [0.1, 0.15) is 4.34 Å². The SMILES string of the molecule is NC(=O)CCC/C=C/CC1C(O)CC(O)C1/C=C/C(O)CCc1sc(Cl)c(Cl)c1Cl. The van der Waals surface area contributed by atoms with Crippen LogP contribution < -0.4 is 5.73 Å². The van der Waals surface area contributed by atoms with Crippen molar-refractivity contribution in [2.75, 3.05) is 0 Å². The van der Waals surface area contributed by atoms with E-state index in [1.807, 2.05) is 12.2 Å². The molecule has 168 valence electrons. The third-order valence-electron chi connectivity index (χ3n) is 5.33. The van der Waals surface area contributed by atoms with E-state index in [1.54, 1.807) is 12.2 Å². The smallest absolute Gasteiger partial charge is 0.217 e. The standard InChI is InChI=1S/C21H28Cl3NO4S/c22-19-17(30-21(24)20(19)23)10-8-12(26)7-9-14-13(15(27)11-16(14)28)5-3-1-2-4-6-18(25)29/h1,3,7,9,12-16,26-28H,2,4-6,8,10-11H2,(H2,25,29)/b3-1+,9-7+. The second-order valence-corrected chi connectivity index (χ2v) is 10.1. The van der Waals surface area contributed by atoms with E-state index < -0.39 is 18.3 Å². The maximum absolute atomic E-state index is 10.7. The third-order valence-corrected chi connectivity index (χ3v) is 8.00. The lowest BCUT2D eigenvalue weighted by Gasteiger charge is -2.19. The molecule has 0 aliphatic heterocycles. The quantitative estimate of drug-likeness (QED) is 0.267. The van der Waals surface area contributed by atoms with E-state index in [4.69, 9.17) is 40.5 Å². The fraction of sp³-hybridized carbons (Fsp3) is 0.571. The molecule has 1 aromatic rings. The molecule has 0 saturated heterocycles. The van der Waals surface area contributed by atoms with Gasteiger partial charge in [-0.3, -0.25) is 4.79 Å². The van der Waals surface area contributed by atoms with Crippen molar-refractivity contribution in [3.05, 3.63) is 43.6 Å². The van der Waals surface area contributed by atoms with Crippen LogP contribution in [0, 0.1) is 11.8 Å². The summed E-state index contributed by atoms with van der Waals surface area (Å²) in [5.74, 6) is -0.673. The monoisotopic (exact) mass is 495 g/mol. The summed E-state index contributed by atoms with van der Waals surface area (Å²) in [6.45, 7) is 0. The number of amides is 1. The van der Waals surface area contributed by atoms with Gasteiger partial charge in [-0.25, -0.2) is 0 Å². The number of primary amides is 1. The van der Waals surface area contributed by atoms with Crippen LogP contribution in [0.25, 0.3) is 0 Å². The molecule has 1 heterocycles. The number of aryl methyl sites for hydroxylation is 1. The summed E-state index contributed by atoms with van der Waals surface area (Å²) < 4.78 is 0.440. The van der Waals surface area contributed by atoms with E-state index >= 15 is 0 Å². The molecule has 5 atom stereocenters. The van der Waals surface area contributed by atoms with Crippen molar-refractivity contribution in [2.24, 2.45) is 17.6 Å². The van der Waals surface area contributed by atoms with Crippen LogP contribution in [-0.2, 0) is 11.2 Å². The molecule has 0 radical (unpaired) electrons. The number of thiophene rings is 1. The molecule has 0 aromatic carbocycles. The van der Waals surface area contributed by atoms with Gasteiger partial charge in [0.25, 0.3) is 0 Å². The van der Waals surface area contributed by atoms with Crippen LogP contribution in [0.1, 0.15) is 43.4 Å². The molecule has 1 aromatic heterocycles. The highest BCUT2D eigenvalue weighted by Crippen LogP contribution is 2.41. The lowest BCUT2D eigenvalue weighted by molar-refractivity contribution is -0.118. The fourth-order valence-corrected chi connectivity index (χ4v) is 5.56. The number of hydrogen-bond acceptors (Lipinski definition) is 5. The van der Waals surface area contributed by atoms with Crippen molar-refractivity contribution < 1.29 is 20.1 Å². The highest BCUT2D eigenvalue weighted by atomic mass is 35.5. The van der Waals surface area contributed by atoms with Gasteiger partial charge in [-0.1, -0.05) is 59.1 Å². The Morgan fingerprint density at radius 2 is 1.93 bits per heavy atom. The first-order valence-corrected chi connectivity index (χ1v) is 11.9. The Morgan fingerprint density at radius 3 is 2.57 bits per heavy atom. The first kappa shape index (κ1) is 25.7. The number of carbonyl (C=O) groups is 1. The lowest BCUT2D eigenvalue weighted by Crippen LogP contribution is -2.20. The average Bonchev–Trinajstić information content (AvgIpc) is 3.09. The van der Waals surface area contributed by atoms with E-state index in [2.05, 4.69) is 0 Å². The molecule has 5 N–H and O–H groups in total. The van der Waals surface area contributed by atoms with E-state index in [0.29, 0.717) is 52.9 Å². The van der Waals surface area contributed by atoms with E-state index in [0.717, 1.165) is 11.3 Å². The highest BCUT2D eigenvalue weighted by molar-refractivity contribution is 7.17. The molecule has 1 saturated carbocycles. The van der Waals surface area contributed by atoms with Gasteiger partial charge >= 0.3 is 0 Å². The van der Waals surface area contributed by atoms with Crippen LogP contribution in [0.5, 0.6) is 0 Å². The number of unbranched alkanes of at least 4 members (excludes halogenated alkanes) is 1. The lowest BCUT2D eigenvalue weighted by atomic mass is 9.89. The average molecular weight is 497 g/mol. The normalized spacial score (nSPS) is 25.5. The molecule has 1 aliphatic carbocycles. The molecule has 5 nitrogen and oxygen atoms in total. The maximum Gasteiger partial charge on any atom is 0.217 e. The van der Waals surface area contributed by atoms with Crippen molar-refractivity contribution in [1.82, 2.24) is 0 Å². The van der Waals surface area contributed by atoms with Crippen molar-refractivity contribution in [2.45, 2.75) is 63.3 Å². The molecule has 0 bridgehead atoms. The van der Waals surface area contributed by atoms with Gasteiger partial charge in [0.2, 0.25) is 5.91 Å². The number of aliphatic hydroxyl groups excluding tert-OH is 3. The van der Waals surface area contributed by atoms with Gasteiger partial charge in [-0.2, -0.15) is 0 Å². The largest absolute Gasteiger partial charge is 0.393 e. The molecule has 0 spiro atoms. The van der Waals surface area contributed by atoms with E-state index in [-0.39, 0.29) is 17.7 Å². The topological polar surface area (TPSA) is 104 Å². The summed E-state index contributed by atoms with van der Waals surface area (Å²) in [4.78, 5) is 11.6. The van der Waals surface area contributed by atoms with Crippen molar-refractivity contribution in [1.29, 1.82) is 0 Å². The first-order chi connectivity index (χ1) is 14.2. The maximum atomic E-state index is 10.7. The Morgan fingerprint density at radius 1 is 1.20 bits per heavy atom. The Bertz CT molecular complexity index is 768. The van der Waals surface area contributed by atoms with E-state index in [9.17, 15) is 20.1 Å². The van der Waals surface area contributed by atoms with Crippen LogP contribution >= 0.6 is 46.1 Å². The van der Waals surface area contributed by atoms with Crippen molar-refractivity contribution in [3.8, 4) is 0 Å². The first-order valence-electron chi connectivity index (χ1n) is 9.98. The Hall–Kier alpha value is -0.600. The van der Waals surface area contributed by atoms with Crippen LogP contribution in [0.3, 0.4) is 0 Å². The Labute approximate surface area is 196 Å². The predicted molar refractivity (Wildman–Crippen MR) is 123 cm³/mol. The summed E-state index contributed by atoms with van der Waals surface area (Å²) >= 11 is 19.4. The van der Waals surface area contributed by atoms with Gasteiger partial charge < -0.3 is 21.1 Å². The Kier molecular flexibility index (Phi) is 10.6. The van der Waals surface area contributed by atoms with E-state index in [1.165, 1.54) is 11.3 Å². The van der Waals surface area contributed by atoms with Crippen LogP contribution in [0.2, 0.25) is 14.4 Å². The zero-order valence-corrected chi connectivity index (χ0v) is 19.6.